The fourth-order valence-corrected chi connectivity index (χ4v) is 6.15. The van der Waals surface area contributed by atoms with Crippen molar-refractivity contribution in [3.05, 3.63) is 60.2 Å². The Morgan fingerprint density at radius 2 is 1.65 bits per heavy atom. The molecular weight excluding hydrogens is 530 g/mol. The Balaban J connectivity index is 1.39. The van der Waals surface area contributed by atoms with Crippen LogP contribution in [0.2, 0.25) is 0 Å². The number of hydrogen-bond acceptors (Lipinski definition) is 8. The van der Waals surface area contributed by atoms with Crippen LogP contribution in [0.5, 0.6) is 11.5 Å². The number of sulfonamides is 1. The van der Waals surface area contributed by atoms with E-state index >= 15 is 0 Å². The summed E-state index contributed by atoms with van der Waals surface area (Å²) in [5.74, 6) is 1.92. The summed E-state index contributed by atoms with van der Waals surface area (Å²) in [4.78, 5) is 17.2. The summed E-state index contributed by atoms with van der Waals surface area (Å²) in [6.45, 7) is 7.94. The monoisotopic (exact) mass is 567 g/mol. The quantitative estimate of drug-likeness (QED) is 0.367. The highest BCUT2D eigenvalue weighted by Crippen LogP contribution is 2.32. The van der Waals surface area contributed by atoms with Gasteiger partial charge in [-0.2, -0.15) is 4.31 Å². The number of amides is 1. The molecule has 40 heavy (non-hydrogen) atoms. The highest BCUT2D eigenvalue weighted by atomic mass is 32.2. The Hall–Kier alpha value is -3.70. The van der Waals surface area contributed by atoms with E-state index < -0.39 is 10.0 Å². The number of aryl methyl sites for hydroxylation is 1. The van der Waals surface area contributed by atoms with Gasteiger partial charge in [-0.05, 0) is 49.2 Å². The maximum Gasteiger partial charge on any atom is 0.243 e. The molecular formula is C29H37N5O5S. The van der Waals surface area contributed by atoms with Crippen molar-refractivity contribution in [2.45, 2.75) is 25.7 Å². The van der Waals surface area contributed by atoms with Gasteiger partial charge in [-0.3, -0.25) is 4.79 Å². The molecule has 1 saturated heterocycles. The normalized spacial score (nSPS) is 14.1. The highest BCUT2D eigenvalue weighted by molar-refractivity contribution is 7.89. The largest absolute Gasteiger partial charge is 0.497 e. The van der Waals surface area contributed by atoms with Crippen LogP contribution in [0, 0.1) is 12.8 Å². The molecule has 1 amide bonds. The lowest BCUT2D eigenvalue weighted by Gasteiger charge is -2.36. The summed E-state index contributed by atoms with van der Waals surface area (Å²) < 4.78 is 38.8. The fraction of sp³-hybridized carbons (Fsp3) is 0.414. The topological polar surface area (TPSA) is 105 Å². The maximum atomic E-state index is 13.4. The number of nitrogens with zero attached hydrogens (tertiary/aromatic N) is 5. The summed E-state index contributed by atoms with van der Waals surface area (Å²) in [6.07, 6.45) is 0. The lowest BCUT2D eigenvalue weighted by Crippen LogP contribution is -2.52. The molecule has 0 saturated carbocycles. The van der Waals surface area contributed by atoms with E-state index in [1.54, 1.807) is 49.5 Å². The number of anilines is 1. The van der Waals surface area contributed by atoms with Gasteiger partial charge in [0.2, 0.25) is 15.9 Å². The smallest absolute Gasteiger partial charge is 0.243 e. The van der Waals surface area contributed by atoms with E-state index in [2.05, 4.69) is 15.1 Å². The predicted molar refractivity (Wildman–Crippen MR) is 154 cm³/mol. The van der Waals surface area contributed by atoms with Crippen molar-refractivity contribution in [2.75, 3.05) is 58.4 Å². The minimum Gasteiger partial charge on any atom is -0.497 e. The molecule has 0 atom stereocenters. The van der Waals surface area contributed by atoms with Gasteiger partial charge in [-0.15, -0.1) is 10.2 Å². The molecule has 0 bridgehead atoms. The number of piperazine rings is 1. The number of aromatic nitrogens is 2. The molecule has 4 rings (SSSR count). The molecule has 0 radical (unpaired) electrons. The summed E-state index contributed by atoms with van der Waals surface area (Å²) in [6, 6.07) is 16.1. The third kappa shape index (κ3) is 6.71. The lowest BCUT2D eigenvalue weighted by atomic mass is 10.1. The predicted octanol–water partition coefficient (Wildman–Crippen LogP) is 3.46. The molecule has 0 aliphatic carbocycles. The van der Waals surface area contributed by atoms with E-state index in [9.17, 15) is 13.2 Å². The van der Waals surface area contributed by atoms with Crippen molar-refractivity contribution in [1.29, 1.82) is 0 Å². The summed E-state index contributed by atoms with van der Waals surface area (Å²) in [7, 11) is -0.595. The van der Waals surface area contributed by atoms with Crippen LogP contribution in [0.3, 0.4) is 0 Å². The molecule has 0 unspecified atom stereocenters. The van der Waals surface area contributed by atoms with E-state index in [1.165, 1.54) is 4.31 Å². The van der Waals surface area contributed by atoms with E-state index in [0.29, 0.717) is 49.2 Å². The molecule has 10 nitrogen and oxygen atoms in total. The van der Waals surface area contributed by atoms with Gasteiger partial charge in [0.25, 0.3) is 0 Å². The number of benzene rings is 2. The van der Waals surface area contributed by atoms with Gasteiger partial charge in [0.15, 0.2) is 5.82 Å². The van der Waals surface area contributed by atoms with E-state index in [4.69, 9.17) is 9.47 Å². The number of hydrogen-bond donors (Lipinski definition) is 0. The number of ether oxygens (including phenoxy) is 2. The van der Waals surface area contributed by atoms with Gasteiger partial charge in [-0.25, -0.2) is 8.42 Å². The summed E-state index contributed by atoms with van der Waals surface area (Å²) >= 11 is 0. The van der Waals surface area contributed by atoms with Crippen LogP contribution in [-0.4, -0.2) is 87.2 Å². The summed E-state index contributed by atoms with van der Waals surface area (Å²) in [5, 5.41) is 8.82. The van der Waals surface area contributed by atoms with Crippen LogP contribution in [0.25, 0.3) is 11.3 Å². The molecule has 1 aromatic heterocycles. The van der Waals surface area contributed by atoms with Crippen LogP contribution < -0.4 is 14.4 Å². The van der Waals surface area contributed by atoms with E-state index in [-0.39, 0.29) is 29.8 Å². The zero-order chi connectivity index (χ0) is 28.9. The van der Waals surface area contributed by atoms with Gasteiger partial charge >= 0.3 is 0 Å². The Bertz CT molecular complexity index is 1400. The SMILES string of the molecule is COc1ccc(-c2ccc(N3CCN(C(=O)CN(CC(C)C)S(=O)(=O)c4ccc(C)cc4)CC3)nn2)c(OC)c1. The van der Waals surface area contributed by atoms with Crippen LogP contribution >= 0.6 is 0 Å². The maximum absolute atomic E-state index is 13.4. The molecule has 2 aromatic carbocycles. The van der Waals surface area contributed by atoms with Crippen molar-refractivity contribution >= 4 is 21.7 Å². The Morgan fingerprint density at radius 1 is 0.950 bits per heavy atom. The Morgan fingerprint density at radius 3 is 2.23 bits per heavy atom. The zero-order valence-electron chi connectivity index (χ0n) is 23.7. The van der Waals surface area contributed by atoms with Crippen molar-refractivity contribution in [3.8, 4) is 22.8 Å². The van der Waals surface area contributed by atoms with Gasteiger partial charge in [0.1, 0.15) is 11.5 Å². The molecule has 1 aliphatic rings. The first-order chi connectivity index (χ1) is 19.1. The minimum atomic E-state index is -3.80. The summed E-state index contributed by atoms with van der Waals surface area (Å²) in [5.41, 5.74) is 2.46. The average molecular weight is 568 g/mol. The number of carbonyl (C=O) groups excluding carboxylic acids is 1. The number of rotatable bonds is 10. The van der Waals surface area contributed by atoms with Crippen LogP contribution in [0.15, 0.2) is 59.5 Å². The van der Waals surface area contributed by atoms with E-state index in [0.717, 1.165) is 11.1 Å². The molecule has 11 heteroatoms. The highest BCUT2D eigenvalue weighted by Gasteiger charge is 2.30. The molecule has 214 valence electrons. The van der Waals surface area contributed by atoms with Crippen molar-refractivity contribution in [1.82, 2.24) is 19.4 Å². The molecule has 1 fully saturated rings. The zero-order valence-corrected chi connectivity index (χ0v) is 24.5. The second-order valence-electron chi connectivity index (χ2n) is 10.2. The molecule has 3 aromatic rings. The Kier molecular flexibility index (Phi) is 9.26. The van der Waals surface area contributed by atoms with Gasteiger partial charge in [-0.1, -0.05) is 31.5 Å². The molecule has 0 spiro atoms. The second kappa shape index (κ2) is 12.6. The number of carbonyl (C=O) groups is 1. The minimum absolute atomic E-state index is 0.0734. The number of methoxy groups -OCH3 is 2. The van der Waals surface area contributed by atoms with Crippen molar-refractivity contribution in [2.24, 2.45) is 5.92 Å². The lowest BCUT2D eigenvalue weighted by molar-refractivity contribution is -0.131. The first kappa shape index (κ1) is 29.3. The van der Waals surface area contributed by atoms with Crippen LogP contribution in [0.1, 0.15) is 19.4 Å². The van der Waals surface area contributed by atoms with Crippen LogP contribution in [-0.2, 0) is 14.8 Å². The van der Waals surface area contributed by atoms with Gasteiger partial charge in [0.05, 0.1) is 31.4 Å². The third-order valence-corrected chi connectivity index (χ3v) is 8.66. The van der Waals surface area contributed by atoms with Gasteiger partial charge < -0.3 is 19.3 Å². The van der Waals surface area contributed by atoms with Crippen molar-refractivity contribution in [3.63, 3.8) is 0 Å². The fourth-order valence-electron chi connectivity index (χ4n) is 4.60. The first-order valence-electron chi connectivity index (χ1n) is 13.3. The Labute approximate surface area is 236 Å². The van der Waals surface area contributed by atoms with Gasteiger partial charge in [0, 0.05) is 44.4 Å². The van der Waals surface area contributed by atoms with E-state index in [1.807, 2.05) is 45.0 Å². The first-order valence-corrected chi connectivity index (χ1v) is 14.7. The molecule has 2 heterocycles. The van der Waals surface area contributed by atoms with Crippen LogP contribution in [0.4, 0.5) is 5.82 Å². The third-order valence-electron chi connectivity index (χ3n) is 6.83. The molecule has 1 aliphatic heterocycles. The standard InChI is InChI=1S/C29H37N5O5S/c1-21(2)19-34(40(36,37)24-9-6-22(3)7-10-24)20-29(35)33-16-14-32(15-17-33)28-13-12-26(30-31-28)25-11-8-23(38-4)18-27(25)39-5/h6-13,18,21H,14-17,19-20H2,1-5H3. The molecule has 0 N–H and O–H groups in total. The second-order valence-corrected chi connectivity index (χ2v) is 12.2. The van der Waals surface area contributed by atoms with Crippen molar-refractivity contribution < 1.29 is 22.7 Å². The average Bonchev–Trinajstić information content (AvgIpc) is 2.96.